The second-order valence-electron chi connectivity index (χ2n) is 11.3. The van der Waals surface area contributed by atoms with E-state index >= 15 is 4.39 Å². The van der Waals surface area contributed by atoms with Crippen LogP contribution in [-0.2, 0) is 10.0 Å². The Morgan fingerprint density at radius 1 is 1.02 bits per heavy atom. The Labute approximate surface area is 239 Å². The molecule has 0 atom stereocenters. The van der Waals surface area contributed by atoms with Crippen molar-refractivity contribution in [3.05, 3.63) is 60.5 Å². The van der Waals surface area contributed by atoms with Crippen molar-refractivity contribution >= 4 is 55.6 Å². The second kappa shape index (κ2) is 10.5. The predicted molar refractivity (Wildman–Crippen MR) is 163 cm³/mol. The number of hydrogen-bond donors (Lipinski definition) is 3. The molecule has 0 radical (unpaired) electrons. The van der Waals surface area contributed by atoms with Crippen LogP contribution in [0.2, 0.25) is 0 Å². The van der Waals surface area contributed by atoms with Crippen LogP contribution in [0.25, 0.3) is 11.0 Å². The Kier molecular flexibility index (Phi) is 6.98. The van der Waals surface area contributed by atoms with Crippen LogP contribution in [-0.4, -0.2) is 74.8 Å². The average Bonchev–Trinajstić information content (AvgIpc) is 3.58. The minimum Gasteiger partial charge on any atom is -0.369 e. The first-order valence-electron chi connectivity index (χ1n) is 13.8. The summed E-state index contributed by atoms with van der Waals surface area (Å²) in [5.74, 6) is 0.470. The first-order valence-corrected chi connectivity index (χ1v) is 15.6. The van der Waals surface area contributed by atoms with Gasteiger partial charge in [-0.15, -0.1) is 0 Å². The van der Waals surface area contributed by atoms with E-state index in [-0.39, 0.29) is 17.2 Å². The third-order valence-electron chi connectivity index (χ3n) is 8.44. The van der Waals surface area contributed by atoms with E-state index in [4.69, 9.17) is 0 Å². The smallest absolute Gasteiger partial charge is 0.232 e. The van der Waals surface area contributed by atoms with Crippen molar-refractivity contribution in [1.29, 1.82) is 0 Å². The van der Waals surface area contributed by atoms with Crippen molar-refractivity contribution in [2.24, 2.45) is 5.41 Å². The summed E-state index contributed by atoms with van der Waals surface area (Å²) >= 11 is 0. The van der Waals surface area contributed by atoms with Crippen LogP contribution in [0.5, 0.6) is 0 Å². The van der Waals surface area contributed by atoms with Crippen LogP contribution in [0.4, 0.5) is 38.9 Å². The number of halogens is 1. The number of sulfonamides is 1. The molecular weight excluding hydrogens is 543 g/mol. The molecule has 0 unspecified atom stereocenters. The predicted octanol–water partition coefficient (Wildman–Crippen LogP) is 4.90. The maximum absolute atomic E-state index is 15.4. The molecule has 2 aliphatic rings. The Balaban J connectivity index is 1.23. The monoisotopic (exact) mass is 578 g/mol. The van der Waals surface area contributed by atoms with Crippen LogP contribution in [0.15, 0.2) is 54.7 Å². The Morgan fingerprint density at radius 3 is 2.54 bits per heavy atom. The summed E-state index contributed by atoms with van der Waals surface area (Å²) in [6, 6.07) is 14.1. The van der Waals surface area contributed by atoms with Gasteiger partial charge in [0.25, 0.3) is 0 Å². The molecule has 2 saturated heterocycles. The maximum Gasteiger partial charge on any atom is 0.232 e. The fourth-order valence-corrected chi connectivity index (χ4v) is 6.38. The van der Waals surface area contributed by atoms with E-state index in [1.165, 1.54) is 17.4 Å². The van der Waals surface area contributed by atoms with Crippen molar-refractivity contribution in [3.63, 3.8) is 0 Å². The first-order chi connectivity index (χ1) is 19.6. The summed E-state index contributed by atoms with van der Waals surface area (Å²) < 4.78 is 41.0. The molecule has 0 aliphatic carbocycles. The van der Waals surface area contributed by atoms with Gasteiger partial charge in [0.05, 0.1) is 28.7 Å². The lowest BCUT2D eigenvalue weighted by Gasteiger charge is -2.37. The molecule has 6 rings (SSSR count). The Hall–Kier alpha value is -3.90. The summed E-state index contributed by atoms with van der Waals surface area (Å²) in [4.78, 5) is 16.9. The summed E-state index contributed by atoms with van der Waals surface area (Å²) in [6.07, 6.45) is 6.33. The van der Waals surface area contributed by atoms with Gasteiger partial charge in [0, 0.05) is 32.0 Å². The van der Waals surface area contributed by atoms with E-state index in [0.29, 0.717) is 34.2 Å². The highest BCUT2D eigenvalue weighted by molar-refractivity contribution is 7.92. The number of piperidine rings is 1. The van der Waals surface area contributed by atoms with E-state index in [2.05, 4.69) is 42.4 Å². The molecule has 2 aromatic carbocycles. The van der Waals surface area contributed by atoms with E-state index in [0.717, 1.165) is 57.1 Å². The van der Waals surface area contributed by atoms with Crippen molar-refractivity contribution in [2.45, 2.75) is 19.3 Å². The van der Waals surface area contributed by atoms with Crippen LogP contribution >= 0.6 is 0 Å². The Morgan fingerprint density at radius 2 is 1.78 bits per heavy atom. The molecule has 4 heterocycles. The number of likely N-dealkylation sites (tertiary alicyclic amines) is 1. The molecule has 2 fully saturated rings. The molecule has 0 amide bonds. The summed E-state index contributed by atoms with van der Waals surface area (Å²) in [7, 11) is 0.193. The molecule has 4 aromatic rings. The SMILES string of the molecule is CN1CCC2(CC1)CCN(c1ccc(Nc3nc(Nc4ccccc4N(C)S(C)(=O)=O)c4cc[nH]c4n3)cc1F)C2. The van der Waals surface area contributed by atoms with E-state index < -0.39 is 10.0 Å². The third kappa shape index (κ3) is 5.53. The number of nitrogens with one attached hydrogen (secondary N) is 3. The maximum atomic E-state index is 15.4. The number of aromatic amines is 1. The van der Waals surface area contributed by atoms with E-state index in [9.17, 15) is 8.42 Å². The number of nitrogens with zero attached hydrogens (tertiary/aromatic N) is 5. The lowest BCUT2D eigenvalue weighted by atomic mass is 9.78. The molecule has 10 nitrogen and oxygen atoms in total. The molecule has 1 spiro atoms. The normalized spacial score (nSPS) is 17.3. The van der Waals surface area contributed by atoms with Gasteiger partial charge in [-0.2, -0.15) is 9.97 Å². The van der Waals surface area contributed by atoms with E-state index in [1.54, 1.807) is 24.4 Å². The first kappa shape index (κ1) is 27.3. The van der Waals surface area contributed by atoms with Gasteiger partial charge in [-0.25, -0.2) is 12.8 Å². The molecule has 12 heteroatoms. The minimum atomic E-state index is -3.47. The van der Waals surface area contributed by atoms with E-state index in [1.807, 2.05) is 24.3 Å². The summed E-state index contributed by atoms with van der Waals surface area (Å²) in [5, 5.41) is 7.14. The molecular formula is C29H35FN8O2S. The molecule has 0 bridgehead atoms. The zero-order chi connectivity index (χ0) is 28.8. The Bertz CT molecular complexity index is 1680. The van der Waals surface area contributed by atoms with Crippen LogP contribution in [0.1, 0.15) is 19.3 Å². The number of benzene rings is 2. The lowest BCUT2D eigenvalue weighted by Crippen LogP contribution is -2.39. The number of anilines is 6. The fraction of sp³-hybridized carbons (Fsp3) is 0.379. The van der Waals surface area contributed by atoms with Crippen LogP contribution < -0.4 is 19.8 Å². The van der Waals surface area contributed by atoms with Gasteiger partial charge < -0.3 is 25.4 Å². The molecule has 3 N–H and O–H groups in total. The van der Waals surface area contributed by atoms with Gasteiger partial charge in [-0.05, 0) is 81.2 Å². The molecule has 0 saturated carbocycles. The van der Waals surface area contributed by atoms with Gasteiger partial charge in [0.15, 0.2) is 0 Å². The number of rotatable bonds is 7. The molecule has 2 aromatic heterocycles. The number of para-hydroxylation sites is 2. The van der Waals surface area contributed by atoms with Gasteiger partial charge >= 0.3 is 0 Å². The van der Waals surface area contributed by atoms with Crippen molar-refractivity contribution in [3.8, 4) is 0 Å². The fourth-order valence-electron chi connectivity index (χ4n) is 5.86. The van der Waals surface area contributed by atoms with Crippen LogP contribution in [0, 0.1) is 11.2 Å². The topological polar surface area (TPSA) is 109 Å². The molecule has 216 valence electrons. The van der Waals surface area contributed by atoms with Gasteiger partial charge in [-0.3, -0.25) is 4.31 Å². The highest BCUT2D eigenvalue weighted by atomic mass is 32.2. The highest BCUT2D eigenvalue weighted by Gasteiger charge is 2.40. The third-order valence-corrected chi connectivity index (χ3v) is 9.63. The molecule has 2 aliphatic heterocycles. The zero-order valence-corrected chi connectivity index (χ0v) is 24.3. The summed E-state index contributed by atoms with van der Waals surface area (Å²) in [5.41, 5.74) is 3.07. The van der Waals surface area contributed by atoms with Crippen LogP contribution in [0.3, 0.4) is 0 Å². The largest absolute Gasteiger partial charge is 0.369 e. The number of aromatic nitrogens is 3. The second-order valence-corrected chi connectivity index (χ2v) is 13.3. The number of H-pyrrole nitrogens is 1. The quantitative estimate of drug-likeness (QED) is 0.284. The van der Waals surface area contributed by atoms with Gasteiger partial charge in [0.1, 0.15) is 17.3 Å². The highest BCUT2D eigenvalue weighted by Crippen LogP contribution is 2.42. The number of fused-ring (bicyclic) bond motifs is 1. The van der Waals surface area contributed by atoms with Gasteiger partial charge in [0.2, 0.25) is 16.0 Å². The van der Waals surface area contributed by atoms with Gasteiger partial charge in [-0.1, -0.05) is 12.1 Å². The standard InChI is InChI=1S/C29H35FN8O2S/c1-36-15-11-29(12-16-36)13-17-38(19-29)24-9-8-20(18-22(24)30)32-28-34-26-21(10-14-31-26)27(35-28)33-23-6-4-5-7-25(23)37(2)41(3,39)40/h4-10,14,18H,11-13,15-17,19H2,1-3H3,(H3,31,32,33,34,35). The molecule has 41 heavy (non-hydrogen) atoms. The lowest BCUT2D eigenvalue weighted by molar-refractivity contribution is 0.142. The zero-order valence-electron chi connectivity index (χ0n) is 23.5. The summed E-state index contributed by atoms with van der Waals surface area (Å²) in [6.45, 7) is 3.95. The number of hydrogen-bond acceptors (Lipinski definition) is 8. The average molecular weight is 579 g/mol. The minimum absolute atomic E-state index is 0.273. The van der Waals surface area contributed by atoms with Crippen molar-refractivity contribution in [1.82, 2.24) is 19.9 Å². The van der Waals surface area contributed by atoms with Crippen molar-refractivity contribution < 1.29 is 12.8 Å². The van der Waals surface area contributed by atoms with Crippen molar-refractivity contribution in [2.75, 3.05) is 66.4 Å².